The smallest absolute Gasteiger partial charge is 0.240 e. The van der Waals surface area contributed by atoms with Gasteiger partial charge in [-0.15, -0.1) is 0 Å². The third-order valence-electron chi connectivity index (χ3n) is 3.49. The van der Waals surface area contributed by atoms with Crippen molar-refractivity contribution in [2.45, 2.75) is 32.9 Å². The summed E-state index contributed by atoms with van der Waals surface area (Å²) in [4.78, 5) is 6.73. The molecule has 0 amide bonds. The maximum absolute atomic E-state index is 5.35. The fraction of sp³-hybridized carbons (Fsp3) is 0.500. The van der Waals surface area contributed by atoms with Crippen LogP contribution in [0, 0.1) is 0 Å². The van der Waals surface area contributed by atoms with Crippen molar-refractivity contribution in [3.8, 4) is 0 Å². The van der Waals surface area contributed by atoms with Gasteiger partial charge in [0.25, 0.3) is 0 Å². The molecule has 0 aliphatic rings. The number of rotatable bonds is 8. The molecule has 5 heteroatoms. The second-order valence-corrected chi connectivity index (χ2v) is 5.13. The van der Waals surface area contributed by atoms with Crippen molar-refractivity contribution in [1.82, 2.24) is 15.0 Å². The van der Waals surface area contributed by atoms with E-state index in [1.165, 1.54) is 5.56 Å². The summed E-state index contributed by atoms with van der Waals surface area (Å²) in [6.07, 6.45) is 0.699. The Hall–Kier alpha value is -1.72. The average Bonchev–Trinajstić information content (AvgIpc) is 2.93. The van der Waals surface area contributed by atoms with Crippen LogP contribution in [-0.2, 0) is 17.7 Å². The number of ether oxygens (including phenoxy) is 1. The van der Waals surface area contributed by atoms with Crippen LogP contribution in [-0.4, -0.2) is 41.3 Å². The molecule has 0 N–H and O–H groups in total. The van der Waals surface area contributed by atoms with Crippen molar-refractivity contribution in [3.63, 3.8) is 0 Å². The molecule has 0 aliphatic carbocycles. The van der Waals surface area contributed by atoms with Gasteiger partial charge in [0.05, 0.1) is 13.2 Å². The van der Waals surface area contributed by atoms with Gasteiger partial charge in [-0.2, -0.15) is 4.98 Å². The average molecular weight is 289 g/mol. The van der Waals surface area contributed by atoms with Crippen LogP contribution in [0.4, 0.5) is 0 Å². The Bertz CT molecular complexity index is 527. The highest BCUT2D eigenvalue weighted by molar-refractivity contribution is 5.18. The van der Waals surface area contributed by atoms with Gasteiger partial charge in [-0.1, -0.05) is 42.4 Å². The first kappa shape index (κ1) is 15.7. The van der Waals surface area contributed by atoms with Gasteiger partial charge in [0, 0.05) is 19.6 Å². The van der Waals surface area contributed by atoms with Crippen LogP contribution in [0.5, 0.6) is 0 Å². The molecule has 21 heavy (non-hydrogen) atoms. The second-order valence-electron chi connectivity index (χ2n) is 5.13. The molecule has 1 atom stereocenters. The summed E-state index contributed by atoms with van der Waals surface area (Å²) in [7, 11) is 1.72. The first-order chi connectivity index (χ1) is 10.2. The number of hydrogen-bond donors (Lipinski definition) is 0. The molecule has 114 valence electrons. The van der Waals surface area contributed by atoms with Crippen molar-refractivity contribution >= 4 is 0 Å². The summed E-state index contributed by atoms with van der Waals surface area (Å²) in [6, 6.07) is 10.5. The summed E-state index contributed by atoms with van der Waals surface area (Å²) in [5, 5.41) is 4.06. The number of benzene rings is 1. The zero-order valence-corrected chi connectivity index (χ0v) is 13.0. The highest BCUT2D eigenvalue weighted by Gasteiger charge is 2.16. The maximum Gasteiger partial charge on any atom is 0.240 e. The Morgan fingerprint density at radius 2 is 2.05 bits per heavy atom. The minimum atomic E-state index is 0.324. The minimum absolute atomic E-state index is 0.324. The molecule has 0 aliphatic heterocycles. The predicted octanol–water partition coefficient (Wildman–Crippen LogP) is 2.52. The molecular weight excluding hydrogens is 266 g/mol. The molecule has 0 unspecified atom stereocenters. The molecule has 0 fully saturated rings. The van der Waals surface area contributed by atoms with Gasteiger partial charge in [0.1, 0.15) is 0 Å². The Morgan fingerprint density at radius 3 is 2.71 bits per heavy atom. The first-order valence-electron chi connectivity index (χ1n) is 7.31. The summed E-state index contributed by atoms with van der Waals surface area (Å²) in [5.74, 6) is 1.39. The molecular formula is C16H23N3O2. The molecule has 0 spiro atoms. The Labute approximate surface area is 125 Å². The van der Waals surface area contributed by atoms with E-state index in [1.807, 2.05) is 18.2 Å². The Morgan fingerprint density at radius 1 is 1.29 bits per heavy atom. The van der Waals surface area contributed by atoms with Crippen molar-refractivity contribution in [1.29, 1.82) is 0 Å². The summed E-state index contributed by atoms with van der Waals surface area (Å²) in [6.45, 7) is 6.52. The van der Waals surface area contributed by atoms with Gasteiger partial charge < -0.3 is 9.26 Å². The lowest BCUT2D eigenvalue weighted by molar-refractivity contribution is 0.0907. The van der Waals surface area contributed by atoms with Crippen LogP contribution < -0.4 is 0 Å². The normalized spacial score (nSPS) is 12.8. The van der Waals surface area contributed by atoms with E-state index >= 15 is 0 Å². The van der Waals surface area contributed by atoms with Gasteiger partial charge in [-0.05, 0) is 19.0 Å². The van der Waals surface area contributed by atoms with E-state index < -0.39 is 0 Å². The van der Waals surface area contributed by atoms with Crippen molar-refractivity contribution in [2.24, 2.45) is 0 Å². The summed E-state index contributed by atoms with van der Waals surface area (Å²) in [5.41, 5.74) is 1.19. The lowest BCUT2D eigenvalue weighted by atomic mass is 10.1. The first-order valence-corrected chi connectivity index (χ1v) is 7.31. The van der Waals surface area contributed by atoms with Crippen LogP contribution in [0.1, 0.15) is 31.1 Å². The molecule has 1 heterocycles. The quantitative estimate of drug-likeness (QED) is 0.747. The highest BCUT2D eigenvalue weighted by atomic mass is 16.5. The molecule has 0 radical (unpaired) electrons. The topological polar surface area (TPSA) is 51.4 Å². The van der Waals surface area contributed by atoms with Gasteiger partial charge in [0.15, 0.2) is 5.82 Å². The SMILES string of the molecule is CCN(Cc1nc(Cc2ccccc2)no1)[C@H](C)COC. The second kappa shape index (κ2) is 7.90. The molecule has 1 aromatic carbocycles. The minimum Gasteiger partial charge on any atom is -0.383 e. The third-order valence-corrected chi connectivity index (χ3v) is 3.49. The van der Waals surface area contributed by atoms with E-state index in [1.54, 1.807) is 7.11 Å². The molecule has 0 saturated heterocycles. The maximum atomic E-state index is 5.35. The van der Waals surface area contributed by atoms with Crippen LogP contribution >= 0.6 is 0 Å². The third kappa shape index (κ3) is 4.65. The van der Waals surface area contributed by atoms with E-state index in [-0.39, 0.29) is 0 Å². The van der Waals surface area contributed by atoms with Gasteiger partial charge in [-0.25, -0.2) is 0 Å². The Balaban J connectivity index is 1.96. The van der Waals surface area contributed by atoms with Crippen molar-refractivity contribution < 1.29 is 9.26 Å². The van der Waals surface area contributed by atoms with E-state index in [9.17, 15) is 0 Å². The van der Waals surface area contributed by atoms with Crippen molar-refractivity contribution in [3.05, 3.63) is 47.6 Å². The number of methoxy groups -OCH3 is 1. The number of hydrogen-bond acceptors (Lipinski definition) is 5. The van der Waals surface area contributed by atoms with E-state index in [2.05, 4.69) is 41.0 Å². The number of aromatic nitrogens is 2. The predicted molar refractivity (Wildman–Crippen MR) is 81.0 cm³/mol. The van der Waals surface area contributed by atoms with E-state index in [0.29, 0.717) is 31.5 Å². The molecule has 5 nitrogen and oxygen atoms in total. The molecule has 0 bridgehead atoms. The lowest BCUT2D eigenvalue weighted by Crippen LogP contribution is -2.35. The molecule has 2 rings (SSSR count). The van der Waals surface area contributed by atoms with Crippen molar-refractivity contribution in [2.75, 3.05) is 20.3 Å². The zero-order valence-electron chi connectivity index (χ0n) is 13.0. The fourth-order valence-corrected chi connectivity index (χ4v) is 2.30. The van der Waals surface area contributed by atoms with E-state index in [4.69, 9.17) is 9.26 Å². The summed E-state index contributed by atoms with van der Waals surface area (Å²) >= 11 is 0. The number of likely N-dealkylation sites (N-methyl/N-ethyl adjacent to an activating group) is 1. The molecule has 2 aromatic rings. The molecule has 1 aromatic heterocycles. The fourth-order valence-electron chi connectivity index (χ4n) is 2.30. The van der Waals surface area contributed by atoms with Gasteiger partial charge in [-0.3, -0.25) is 4.90 Å². The monoisotopic (exact) mass is 289 g/mol. The summed E-state index contributed by atoms with van der Waals surface area (Å²) < 4.78 is 10.6. The van der Waals surface area contributed by atoms with E-state index in [0.717, 1.165) is 12.4 Å². The van der Waals surface area contributed by atoms with Gasteiger partial charge >= 0.3 is 0 Å². The number of nitrogens with zero attached hydrogens (tertiary/aromatic N) is 3. The Kier molecular flexibility index (Phi) is 5.90. The molecule has 0 saturated carbocycles. The van der Waals surface area contributed by atoms with Crippen LogP contribution in [0.2, 0.25) is 0 Å². The van der Waals surface area contributed by atoms with Crippen LogP contribution in [0.15, 0.2) is 34.9 Å². The zero-order chi connectivity index (χ0) is 15.1. The van der Waals surface area contributed by atoms with Crippen LogP contribution in [0.25, 0.3) is 0 Å². The van der Waals surface area contributed by atoms with Gasteiger partial charge in [0.2, 0.25) is 5.89 Å². The lowest BCUT2D eigenvalue weighted by Gasteiger charge is -2.25. The largest absolute Gasteiger partial charge is 0.383 e. The van der Waals surface area contributed by atoms with Crippen LogP contribution in [0.3, 0.4) is 0 Å². The highest BCUT2D eigenvalue weighted by Crippen LogP contribution is 2.10. The standard InChI is InChI=1S/C16H23N3O2/c1-4-19(13(2)12-20-3)11-16-17-15(18-21-16)10-14-8-6-5-7-9-14/h5-9,13H,4,10-12H2,1-3H3/t13-/m1/s1.